The summed E-state index contributed by atoms with van der Waals surface area (Å²) in [5, 5.41) is 8.49. The maximum atomic E-state index is 2.69. The van der Waals surface area contributed by atoms with Crippen LogP contribution in [0.3, 0.4) is 0 Å². The van der Waals surface area contributed by atoms with Crippen LogP contribution < -0.4 is 13.7 Å². The maximum absolute atomic E-state index is 3.34. The molecule has 1 heterocycles. The van der Waals surface area contributed by atoms with Crippen LogP contribution >= 0.6 is 0 Å². The van der Waals surface area contributed by atoms with Crippen LogP contribution in [0.2, 0.25) is 0 Å². The molecular weight excluding hydrogens is 1020 g/mol. The molecule has 70 heavy (non-hydrogen) atoms. The van der Waals surface area contributed by atoms with Crippen molar-refractivity contribution in [1.29, 1.82) is 0 Å². The van der Waals surface area contributed by atoms with Crippen molar-refractivity contribution in [3.8, 4) is 55.6 Å². The van der Waals surface area contributed by atoms with E-state index in [2.05, 4.69) is 252 Å². The quantitative estimate of drug-likeness (QED) is 0.126. The molecule has 2 heteroatoms. The summed E-state index contributed by atoms with van der Waals surface area (Å²) in [7, 11) is -0.699. The molecule has 0 nitrogen and oxygen atoms in total. The molecule has 0 bridgehead atoms. The van der Waals surface area contributed by atoms with Crippen molar-refractivity contribution in [3.63, 3.8) is 0 Å². The van der Waals surface area contributed by atoms with Gasteiger partial charge in [-0.25, -0.2) is 0 Å². The van der Waals surface area contributed by atoms with Crippen molar-refractivity contribution in [2.24, 2.45) is 11.8 Å². The first-order valence-electron chi connectivity index (χ1n) is 25.3. The van der Waals surface area contributed by atoms with E-state index in [1.165, 1.54) is 88.3 Å². The summed E-state index contributed by atoms with van der Waals surface area (Å²) in [6, 6.07) is 81.3. The first-order chi connectivity index (χ1) is 34.4. The topological polar surface area (TPSA) is 0 Å². The number of fused-ring (bicyclic) bond motifs is 7. The van der Waals surface area contributed by atoms with E-state index in [4.69, 9.17) is 0 Å². The van der Waals surface area contributed by atoms with Gasteiger partial charge in [-0.3, -0.25) is 0 Å². The number of hydrogen-bond acceptors (Lipinski definition) is 0. The van der Waals surface area contributed by atoms with Gasteiger partial charge < -0.3 is 0 Å². The van der Waals surface area contributed by atoms with Gasteiger partial charge in [0.25, 0.3) is 0 Å². The summed E-state index contributed by atoms with van der Waals surface area (Å²) < 4.78 is 2.54. The molecule has 2 aliphatic carbocycles. The van der Waals surface area contributed by atoms with Crippen LogP contribution in [0.25, 0.3) is 89.3 Å². The van der Waals surface area contributed by atoms with E-state index < -0.39 is 31.0 Å². The Bertz CT molecular complexity index is 3580. The second-order valence-corrected chi connectivity index (χ2v) is 31.5. The first kappa shape index (κ1) is 43.3. The molecule has 0 saturated heterocycles. The Labute approximate surface area is 423 Å². The molecule has 10 aromatic rings. The van der Waals surface area contributed by atoms with Gasteiger partial charge in [-0.2, -0.15) is 0 Å². The van der Waals surface area contributed by atoms with Gasteiger partial charge in [0.15, 0.2) is 0 Å². The molecule has 2 unspecified atom stereocenters. The van der Waals surface area contributed by atoms with Crippen molar-refractivity contribution in [2.45, 2.75) is 35.0 Å². The Hall–Kier alpha value is -6.71. The van der Waals surface area contributed by atoms with Gasteiger partial charge in [0.2, 0.25) is 0 Å². The average Bonchev–Trinajstić information content (AvgIpc) is 4.12. The molecule has 0 N–H and O–H groups in total. The fourth-order valence-electron chi connectivity index (χ4n) is 12.7. The van der Waals surface area contributed by atoms with E-state index in [-0.39, 0.29) is 0 Å². The Morgan fingerprint density at radius 2 is 0.714 bits per heavy atom. The van der Waals surface area contributed by atoms with Crippen LogP contribution in [-0.2, 0) is 21.4 Å². The molecule has 2 atom stereocenters. The van der Waals surface area contributed by atoms with Gasteiger partial charge in [0.05, 0.1) is 0 Å². The number of hydrogen-bond donors (Lipinski definition) is 0. The predicted octanol–water partition coefficient (Wildman–Crippen LogP) is 15.6. The van der Waals surface area contributed by atoms with Crippen molar-refractivity contribution in [3.05, 3.63) is 246 Å². The third kappa shape index (κ3) is 7.01. The molecule has 13 rings (SSSR count). The zero-order chi connectivity index (χ0) is 47.0. The minimum atomic E-state index is -3.34. The molecule has 10 aromatic carbocycles. The third-order valence-electron chi connectivity index (χ3n) is 15.9. The average molecular weight is 1080 g/mol. The summed E-state index contributed by atoms with van der Waals surface area (Å²) in [4.78, 5) is 0. The van der Waals surface area contributed by atoms with Crippen LogP contribution in [0.1, 0.15) is 57.3 Å². The first-order valence-corrected chi connectivity index (χ1v) is 32.7. The van der Waals surface area contributed by atoms with E-state index in [0.29, 0.717) is 19.2 Å². The molecule has 0 amide bonds. The minimum absolute atomic E-state index is 0.388. The molecule has 3 aliphatic rings. The van der Waals surface area contributed by atoms with Gasteiger partial charge >= 0.3 is 427 Å². The van der Waals surface area contributed by atoms with Gasteiger partial charge in [0.1, 0.15) is 0 Å². The van der Waals surface area contributed by atoms with Gasteiger partial charge in [-0.1, -0.05) is 0 Å². The van der Waals surface area contributed by atoms with Crippen LogP contribution in [0, 0.1) is 11.8 Å². The molecule has 1 aliphatic heterocycles. The van der Waals surface area contributed by atoms with Gasteiger partial charge in [-0.15, -0.1) is 0 Å². The van der Waals surface area contributed by atoms with Gasteiger partial charge in [0, 0.05) is 0 Å². The van der Waals surface area contributed by atoms with E-state index in [0.717, 1.165) is 0 Å². The monoisotopic (exact) mass is 1080 g/mol. The fraction of sp³-hybridized carbons (Fsp3) is 0.118. The number of allylic oxidation sites excluding steroid dienone is 2. The summed E-state index contributed by atoms with van der Waals surface area (Å²) in [5.74, 6) is 0.798. The van der Waals surface area contributed by atoms with E-state index in [1.807, 2.05) is 0 Å². The summed E-state index contributed by atoms with van der Waals surface area (Å²) >= 11 is -3.34. The standard InChI is InChI=1S/2C28H23.C12H9Si.Hf/c2*1-19(2)22-17-21-11-8-16-27(28(21)18-22)26-14-6-5-13-25(26)24-15-7-10-20-9-3-4-12-23(20)24;1-3-7-11-9(5-1)10-6-2-4-8-12(10)13-11;/h2*3-19H,1-2H3;1-7H,13H2;. The molecule has 0 aromatic heterocycles. The Morgan fingerprint density at radius 3 is 1.23 bits per heavy atom. The van der Waals surface area contributed by atoms with Crippen LogP contribution in [0.4, 0.5) is 0 Å². The molecule has 0 saturated carbocycles. The molecule has 0 spiro atoms. The van der Waals surface area contributed by atoms with E-state index in [1.54, 1.807) is 36.0 Å². The zero-order valence-corrected chi connectivity index (χ0v) is 45.4. The zero-order valence-electron chi connectivity index (χ0n) is 40.4. The van der Waals surface area contributed by atoms with Crippen LogP contribution in [0.15, 0.2) is 223 Å². The number of rotatable bonds is 9. The van der Waals surface area contributed by atoms with Crippen LogP contribution in [0.5, 0.6) is 0 Å². The second-order valence-electron chi connectivity index (χ2n) is 20.3. The second kappa shape index (κ2) is 17.6. The summed E-state index contributed by atoms with van der Waals surface area (Å²) in [5.41, 5.74) is 22.8. The molecule has 0 fully saturated rings. The Kier molecular flexibility index (Phi) is 10.9. The Morgan fingerprint density at radius 1 is 0.343 bits per heavy atom. The Balaban J connectivity index is 1.04. The predicted molar refractivity (Wildman–Crippen MR) is 300 cm³/mol. The SMILES string of the molecule is CC(C)C1=Cc2c(-c3ccccc3-c3cccc4ccccc34)cccc2[CH]1[Hf]([c]1cccc2c1[SiH2]c1ccccc1-2)[CH]1C(C(C)C)=Cc2c(-c3ccccc3-c3cccc4ccccc34)cccc21. The summed E-state index contributed by atoms with van der Waals surface area (Å²) in [6.45, 7) is 9.90. The van der Waals surface area contributed by atoms with E-state index in [9.17, 15) is 0 Å². The van der Waals surface area contributed by atoms with E-state index >= 15 is 0 Å². The van der Waals surface area contributed by atoms with Crippen molar-refractivity contribution >= 4 is 56.9 Å². The fourth-order valence-corrected chi connectivity index (χ4v) is 33.3. The van der Waals surface area contributed by atoms with Crippen molar-refractivity contribution in [2.75, 3.05) is 0 Å². The number of benzene rings is 10. The summed E-state index contributed by atoms with van der Waals surface area (Å²) in [6.07, 6.45) is 5.37. The van der Waals surface area contributed by atoms with Crippen molar-refractivity contribution < 1.29 is 21.4 Å². The molecule has 335 valence electrons. The van der Waals surface area contributed by atoms with Crippen molar-refractivity contribution in [1.82, 2.24) is 0 Å². The third-order valence-corrected chi connectivity index (χ3v) is 32.3. The molecule has 0 radical (unpaired) electrons. The molecular formula is C68H55HfSi. The normalized spacial score (nSPS) is 15.9. The van der Waals surface area contributed by atoms with Gasteiger partial charge in [-0.05, 0) is 0 Å². The van der Waals surface area contributed by atoms with Crippen LogP contribution in [-0.4, -0.2) is 9.52 Å².